The Morgan fingerprint density at radius 3 is 2.90 bits per heavy atom. The van der Waals surface area contributed by atoms with Gasteiger partial charge in [0.1, 0.15) is 0 Å². The largest absolute Gasteiger partial charge is 0.337 e. The normalized spacial score (nSPS) is 19.6. The molecular weight excluding hydrogens is 304 g/mol. The van der Waals surface area contributed by atoms with Crippen LogP contribution in [0.1, 0.15) is 12.0 Å². The van der Waals surface area contributed by atoms with Crippen LogP contribution in [0.2, 0.25) is 5.02 Å². The topological polar surface area (TPSA) is 23.6 Å². The molecule has 0 spiro atoms. The van der Waals surface area contributed by atoms with Crippen molar-refractivity contribution in [1.82, 2.24) is 9.80 Å². The first-order chi connectivity index (χ1) is 10.1. The van der Waals surface area contributed by atoms with Crippen molar-refractivity contribution < 1.29 is 4.79 Å². The van der Waals surface area contributed by atoms with Crippen LogP contribution in [-0.4, -0.2) is 60.4 Å². The van der Waals surface area contributed by atoms with Crippen molar-refractivity contribution in [3.05, 3.63) is 34.9 Å². The van der Waals surface area contributed by atoms with E-state index >= 15 is 0 Å². The molecule has 0 radical (unpaired) electrons. The number of carbonyl (C=O) groups excluding carboxylic acids is 1. The van der Waals surface area contributed by atoms with E-state index in [1.54, 1.807) is 0 Å². The quantitative estimate of drug-likeness (QED) is 0.850. The molecule has 2 rings (SSSR count). The number of hydrogen-bond acceptors (Lipinski definition) is 3. The van der Waals surface area contributed by atoms with Crippen LogP contribution in [0.3, 0.4) is 0 Å². The fourth-order valence-electron chi connectivity index (χ4n) is 2.64. The summed E-state index contributed by atoms with van der Waals surface area (Å²) in [5.74, 6) is 2.35. The average Bonchev–Trinajstić information content (AvgIpc) is 2.66. The molecule has 1 heterocycles. The first-order valence-corrected chi connectivity index (χ1v) is 8.86. The molecule has 0 aromatic heterocycles. The van der Waals surface area contributed by atoms with Gasteiger partial charge in [-0.25, -0.2) is 0 Å². The number of amides is 1. The summed E-state index contributed by atoms with van der Waals surface area (Å²) >= 11 is 8.13. The first kappa shape index (κ1) is 16.7. The van der Waals surface area contributed by atoms with E-state index in [4.69, 9.17) is 11.6 Å². The maximum absolute atomic E-state index is 12.7. The molecule has 116 valence electrons. The van der Waals surface area contributed by atoms with Crippen LogP contribution < -0.4 is 0 Å². The molecule has 1 aliphatic heterocycles. The third-order valence-corrected chi connectivity index (χ3v) is 5.20. The fourth-order valence-corrected chi connectivity index (χ4v) is 3.90. The molecule has 0 aliphatic carbocycles. The summed E-state index contributed by atoms with van der Waals surface area (Å²) in [6.07, 6.45) is 1.47. The van der Waals surface area contributed by atoms with E-state index in [-0.39, 0.29) is 5.91 Å². The van der Waals surface area contributed by atoms with Gasteiger partial charge in [-0.1, -0.05) is 29.8 Å². The van der Waals surface area contributed by atoms with Gasteiger partial charge in [0.15, 0.2) is 0 Å². The zero-order valence-electron chi connectivity index (χ0n) is 12.7. The smallest absolute Gasteiger partial charge is 0.227 e. The lowest BCUT2D eigenvalue weighted by molar-refractivity contribution is -0.132. The van der Waals surface area contributed by atoms with Crippen molar-refractivity contribution in [2.45, 2.75) is 18.9 Å². The number of likely N-dealkylation sites (N-methyl/N-ethyl adjacent to an activating group) is 1. The van der Waals surface area contributed by atoms with E-state index in [1.165, 1.54) is 0 Å². The summed E-state index contributed by atoms with van der Waals surface area (Å²) in [4.78, 5) is 16.9. The molecule has 0 saturated carbocycles. The predicted octanol–water partition coefficient (Wildman–Crippen LogP) is 2.78. The van der Waals surface area contributed by atoms with Crippen LogP contribution in [0.15, 0.2) is 24.3 Å². The number of halogens is 1. The van der Waals surface area contributed by atoms with Crippen LogP contribution in [-0.2, 0) is 11.2 Å². The molecule has 0 bridgehead atoms. The lowest BCUT2D eigenvalue weighted by Gasteiger charge is -2.32. The SMILES string of the molecule is CN(C)C[C@H]1CSCCCN1C(=O)Cc1ccccc1Cl. The summed E-state index contributed by atoms with van der Waals surface area (Å²) in [5, 5.41) is 0.680. The van der Waals surface area contributed by atoms with Crippen molar-refractivity contribution in [3.63, 3.8) is 0 Å². The number of benzene rings is 1. The monoisotopic (exact) mass is 326 g/mol. The maximum Gasteiger partial charge on any atom is 0.227 e. The van der Waals surface area contributed by atoms with Gasteiger partial charge in [0.25, 0.3) is 0 Å². The van der Waals surface area contributed by atoms with Crippen molar-refractivity contribution >= 4 is 29.3 Å². The number of nitrogens with zero attached hydrogens (tertiary/aromatic N) is 2. The standard InChI is InChI=1S/C16H23ClN2OS/c1-18(2)11-14-12-21-9-5-8-19(14)16(20)10-13-6-3-4-7-15(13)17/h3-4,6-7,14H,5,8-12H2,1-2H3/t14-/m0/s1. The second kappa shape index (κ2) is 8.06. The second-order valence-electron chi connectivity index (χ2n) is 5.70. The zero-order chi connectivity index (χ0) is 15.2. The summed E-state index contributed by atoms with van der Waals surface area (Å²) in [5.41, 5.74) is 0.921. The van der Waals surface area contributed by atoms with Crippen molar-refractivity contribution in [2.24, 2.45) is 0 Å². The van der Waals surface area contributed by atoms with Crippen molar-refractivity contribution in [3.8, 4) is 0 Å². The fraction of sp³-hybridized carbons (Fsp3) is 0.562. The van der Waals surface area contributed by atoms with E-state index in [0.29, 0.717) is 17.5 Å². The lowest BCUT2D eigenvalue weighted by Crippen LogP contribution is -2.47. The van der Waals surface area contributed by atoms with Gasteiger partial charge in [0, 0.05) is 23.9 Å². The van der Waals surface area contributed by atoms with E-state index in [1.807, 2.05) is 36.0 Å². The molecule has 3 nitrogen and oxygen atoms in total. The molecule has 1 amide bonds. The minimum absolute atomic E-state index is 0.192. The van der Waals surface area contributed by atoms with Gasteiger partial charge in [-0.3, -0.25) is 4.79 Å². The summed E-state index contributed by atoms with van der Waals surface area (Å²) in [6.45, 7) is 1.77. The van der Waals surface area contributed by atoms with Crippen molar-refractivity contribution in [1.29, 1.82) is 0 Å². The van der Waals surface area contributed by atoms with Crippen LogP contribution in [0.4, 0.5) is 0 Å². The van der Waals surface area contributed by atoms with E-state index in [9.17, 15) is 4.79 Å². The van der Waals surface area contributed by atoms with Gasteiger partial charge in [-0.2, -0.15) is 11.8 Å². The molecule has 1 fully saturated rings. The number of hydrogen-bond donors (Lipinski definition) is 0. The maximum atomic E-state index is 12.7. The Labute approximate surface area is 136 Å². The number of thioether (sulfide) groups is 1. The van der Waals surface area contributed by atoms with E-state index < -0.39 is 0 Å². The molecule has 5 heteroatoms. The van der Waals surface area contributed by atoms with Gasteiger partial charge in [0.05, 0.1) is 12.5 Å². The van der Waals surface area contributed by atoms with Crippen LogP contribution in [0.5, 0.6) is 0 Å². The van der Waals surface area contributed by atoms with Gasteiger partial charge in [0.2, 0.25) is 5.91 Å². The van der Waals surface area contributed by atoms with Gasteiger partial charge in [-0.05, 0) is 37.9 Å². The molecule has 1 atom stereocenters. The lowest BCUT2D eigenvalue weighted by atomic mass is 10.1. The molecule has 0 unspecified atom stereocenters. The number of carbonyl (C=O) groups is 1. The third-order valence-electron chi connectivity index (χ3n) is 3.63. The average molecular weight is 327 g/mol. The second-order valence-corrected chi connectivity index (χ2v) is 7.26. The zero-order valence-corrected chi connectivity index (χ0v) is 14.3. The highest BCUT2D eigenvalue weighted by molar-refractivity contribution is 7.99. The van der Waals surface area contributed by atoms with E-state index in [0.717, 1.165) is 36.6 Å². The molecule has 1 aromatic carbocycles. The summed E-state index contributed by atoms with van der Waals surface area (Å²) in [7, 11) is 4.12. The van der Waals surface area contributed by atoms with Crippen LogP contribution in [0, 0.1) is 0 Å². The Morgan fingerprint density at radius 1 is 1.43 bits per heavy atom. The Kier molecular flexibility index (Phi) is 6.40. The van der Waals surface area contributed by atoms with Crippen LogP contribution >= 0.6 is 23.4 Å². The van der Waals surface area contributed by atoms with Crippen LogP contribution in [0.25, 0.3) is 0 Å². The van der Waals surface area contributed by atoms with Gasteiger partial charge >= 0.3 is 0 Å². The third kappa shape index (κ3) is 4.90. The molecule has 1 aromatic rings. The van der Waals surface area contributed by atoms with Crippen molar-refractivity contribution in [2.75, 3.05) is 38.7 Å². The molecule has 1 aliphatic rings. The highest BCUT2D eigenvalue weighted by Crippen LogP contribution is 2.20. The summed E-state index contributed by atoms with van der Waals surface area (Å²) < 4.78 is 0. The Morgan fingerprint density at radius 2 is 2.19 bits per heavy atom. The minimum atomic E-state index is 0.192. The Hall–Kier alpha value is -0.710. The molecule has 1 saturated heterocycles. The highest BCUT2D eigenvalue weighted by atomic mass is 35.5. The summed E-state index contributed by atoms with van der Waals surface area (Å²) in [6, 6.07) is 7.91. The van der Waals surface area contributed by atoms with E-state index in [2.05, 4.69) is 23.9 Å². The molecule has 21 heavy (non-hydrogen) atoms. The van der Waals surface area contributed by atoms with Gasteiger partial charge in [-0.15, -0.1) is 0 Å². The van der Waals surface area contributed by atoms with Gasteiger partial charge < -0.3 is 9.80 Å². The Balaban J connectivity index is 2.08. The highest BCUT2D eigenvalue weighted by Gasteiger charge is 2.26. The minimum Gasteiger partial charge on any atom is -0.337 e. The molecular formula is C16H23ClN2OS. The first-order valence-electron chi connectivity index (χ1n) is 7.33. The number of rotatable bonds is 4. The Bertz CT molecular complexity index is 481. The molecule has 0 N–H and O–H groups in total. The predicted molar refractivity (Wildman–Crippen MR) is 91.2 cm³/mol.